The molecule has 0 bridgehead atoms. The maximum Gasteiger partial charge on any atom is 0.169 e. The van der Waals surface area contributed by atoms with Gasteiger partial charge in [0.2, 0.25) is 0 Å². The van der Waals surface area contributed by atoms with Crippen LogP contribution in [0.1, 0.15) is 20.9 Å². The van der Waals surface area contributed by atoms with Gasteiger partial charge in [0.1, 0.15) is 45.8 Å². The summed E-state index contributed by atoms with van der Waals surface area (Å²) in [5.41, 5.74) is 2.45. The van der Waals surface area contributed by atoms with Crippen LogP contribution in [0.2, 0.25) is 0 Å². The summed E-state index contributed by atoms with van der Waals surface area (Å²) in [4.78, 5) is 6.14. The third-order valence-corrected chi connectivity index (χ3v) is 11.4. The van der Waals surface area contributed by atoms with E-state index in [1.807, 2.05) is 23.2 Å². The molecule has 0 aliphatic heterocycles. The SMILES string of the molecule is CN(C)c1ccc(/C=C/c2cc[n+](C)cc2)s1.CN(C)c1ccc(/C=C/c2cc[n+](C)cc2)s1.O.O.O=S(=O)([O-])c1ccc(O)cc1.O=S(=O)([O-])c1ccc(O)cc1. The van der Waals surface area contributed by atoms with Gasteiger partial charge in [0.25, 0.3) is 0 Å². The first-order valence-electron chi connectivity index (χ1n) is 16.6. The van der Waals surface area contributed by atoms with Gasteiger partial charge in [-0.3, -0.25) is 0 Å². The van der Waals surface area contributed by atoms with Gasteiger partial charge in [-0.2, -0.15) is 0 Å². The number of pyridine rings is 2. The van der Waals surface area contributed by atoms with Gasteiger partial charge in [-0.15, -0.1) is 22.7 Å². The first kappa shape index (κ1) is 50.6. The second-order valence-electron chi connectivity index (χ2n) is 12.3. The summed E-state index contributed by atoms with van der Waals surface area (Å²) >= 11 is 3.59. The number of anilines is 2. The quantitative estimate of drug-likeness (QED) is 0.160. The molecule has 0 amide bonds. The molecule has 0 saturated carbocycles. The van der Waals surface area contributed by atoms with Gasteiger partial charge in [0, 0.05) is 62.2 Å². The summed E-state index contributed by atoms with van der Waals surface area (Å²) in [5.74, 6) is -0.144. The van der Waals surface area contributed by atoms with Crippen molar-refractivity contribution < 1.29 is 56.2 Å². The summed E-state index contributed by atoms with van der Waals surface area (Å²) in [7, 11) is 3.55. The third-order valence-electron chi connectivity index (χ3n) is 7.25. The minimum absolute atomic E-state index is 0. The lowest BCUT2D eigenvalue weighted by Gasteiger charge is -2.06. The van der Waals surface area contributed by atoms with Crippen molar-refractivity contribution >= 4 is 77.2 Å². The van der Waals surface area contributed by atoms with E-state index in [0.717, 1.165) is 48.5 Å². The highest BCUT2D eigenvalue weighted by molar-refractivity contribution is 7.86. The van der Waals surface area contributed by atoms with Crippen molar-refractivity contribution in [3.05, 3.63) is 143 Å². The van der Waals surface area contributed by atoms with Crippen molar-refractivity contribution in [1.82, 2.24) is 0 Å². The zero-order chi connectivity index (χ0) is 41.5. The van der Waals surface area contributed by atoms with Gasteiger partial charge in [-0.25, -0.2) is 26.0 Å². The molecule has 0 aliphatic carbocycles. The van der Waals surface area contributed by atoms with Crippen molar-refractivity contribution in [2.24, 2.45) is 14.1 Å². The Hall–Kier alpha value is -5.44. The topological polar surface area (TPSA) is 232 Å². The van der Waals surface area contributed by atoms with Crippen LogP contribution in [0, 0.1) is 0 Å². The van der Waals surface area contributed by atoms with Crippen LogP contribution in [0.25, 0.3) is 24.3 Å². The number of rotatable bonds is 8. The van der Waals surface area contributed by atoms with E-state index >= 15 is 0 Å². The summed E-state index contributed by atoms with van der Waals surface area (Å²) in [6.07, 6.45) is 16.8. The molecule has 0 unspecified atom stereocenters. The van der Waals surface area contributed by atoms with Crippen LogP contribution in [0.3, 0.4) is 0 Å². The monoisotopic (exact) mass is 872 g/mol. The van der Waals surface area contributed by atoms with Gasteiger partial charge in [0.05, 0.1) is 19.8 Å². The van der Waals surface area contributed by atoms with Gasteiger partial charge in [-0.1, -0.05) is 12.2 Å². The second kappa shape index (κ2) is 23.7. The molecule has 0 radical (unpaired) electrons. The van der Waals surface area contributed by atoms with Gasteiger partial charge in [0.15, 0.2) is 24.8 Å². The fourth-order valence-electron chi connectivity index (χ4n) is 4.17. The highest BCUT2D eigenvalue weighted by atomic mass is 32.2. The summed E-state index contributed by atoms with van der Waals surface area (Å²) in [5, 5.41) is 20.0. The number of thiophene rings is 2. The van der Waals surface area contributed by atoms with E-state index in [4.69, 9.17) is 10.2 Å². The number of nitrogens with zero attached hydrogens (tertiary/aromatic N) is 4. The summed E-state index contributed by atoms with van der Waals surface area (Å²) in [6.45, 7) is 0. The van der Waals surface area contributed by atoms with Crippen molar-refractivity contribution in [3.63, 3.8) is 0 Å². The van der Waals surface area contributed by atoms with E-state index in [0.29, 0.717) is 0 Å². The smallest absolute Gasteiger partial charge is 0.169 e. The van der Waals surface area contributed by atoms with E-state index in [-0.39, 0.29) is 32.2 Å². The zero-order valence-electron chi connectivity index (χ0n) is 32.6. The molecule has 0 atom stereocenters. The predicted molar refractivity (Wildman–Crippen MR) is 230 cm³/mol. The first-order valence-corrected chi connectivity index (χ1v) is 21.1. The van der Waals surface area contributed by atoms with Crippen LogP contribution in [0.5, 0.6) is 11.5 Å². The molecule has 0 aliphatic rings. The Morgan fingerprint density at radius 1 is 0.500 bits per heavy atom. The molecule has 2 aromatic carbocycles. The number of phenolic OH excluding ortho intramolecular Hbond substituents is 2. The van der Waals surface area contributed by atoms with Crippen molar-refractivity contribution in [3.8, 4) is 11.5 Å². The van der Waals surface area contributed by atoms with Crippen molar-refractivity contribution in [1.29, 1.82) is 0 Å². The Bertz CT molecular complexity index is 2220. The maximum atomic E-state index is 10.3. The van der Waals surface area contributed by atoms with E-state index in [1.54, 1.807) is 22.7 Å². The van der Waals surface area contributed by atoms with E-state index in [2.05, 4.69) is 136 Å². The van der Waals surface area contributed by atoms with Crippen LogP contribution in [-0.4, -0.2) is 75.3 Å². The molecule has 0 saturated heterocycles. The molecular formula is C40H48N4O10S4. The van der Waals surface area contributed by atoms with Crippen molar-refractivity contribution in [2.45, 2.75) is 9.79 Å². The molecule has 6 N–H and O–H groups in total. The predicted octanol–water partition coefficient (Wildman–Crippen LogP) is 4.56. The number of aromatic hydroxyl groups is 2. The Morgan fingerprint density at radius 2 is 0.793 bits per heavy atom. The van der Waals surface area contributed by atoms with Crippen LogP contribution in [0.4, 0.5) is 10.0 Å². The highest BCUT2D eigenvalue weighted by Crippen LogP contribution is 2.26. The number of hydrogen-bond acceptors (Lipinski definition) is 12. The molecule has 312 valence electrons. The second-order valence-corrected chi connectivity index (χ2v) is 17.2. The Balaban J connectivity index is 0.000000390. The third kappa shape index (κ3) is 18.2. The normalized spacial score (nSPS) is 10.8. The molecule has 18 heteroatoms. The average molecular weight is 873 g/mol. The molecule has 6 aromatic rings. The van der Waals surface area contributed by atoms with E-state index in [1.165, 1.54) is 30.9 Å². The standard InChI is InChI=1S/2C14H17N2S.2C6H6O4S.2H2O/c2*1-15(2)14-7-6-13(17-14)5-4-12-8-10-16(3)11-9-12;2*7-5-1-3-6(4-2-5)11(8,9)10;;/h2*4-11H,1-3H3;2*1-4,7H,(H,8,9,10);2*1H2/q2*+1;;;;/p-2. The molecule has 4 aromatic heterocycles. The van der Waals surface area contributed by atoms with E-state index in [9.17, 15) is 25.9 Å². The van der Waals surface area contributed by atoms with E-state index < -0.39 is 20.2 Å². The Kier molecular flexibility index (Phi) is 20.7. The van der Waals surface area contributed by atoms with Gasteiger partial charge < -0.3 is 40.1 Å². The molecule has 0 fully saturated rings. The van der Waals surface area contributed by atoms with Crippen LogP contribution in [-0.2, 0) is 34.3 Å². The molecule has 58 heavy (non-hydrogen) atoms. The minimum Gasteiger partial charge on any atom is -0.744 e. The molecule has 14 nitrogen and oxygen atoms in total. The molecule has 4 heterocycles. The lowest BCUT2D eigenvalue weighted by Crippen LogP contribution is -2.25. The average Bonchev–Trinajstić information content (AvgIpc) is 3.83. The fraction of sp³-hybridized carbons (Fsp3) is 0.150. The molecule has 6 rings (SSSR count). The summed E-state index contributed by atoms with van der Waals surface area (Å²) < 4.78 is 65.9. The number of hydrogen-bond donors (Lipinski definition) is 2. The zero-order valence-corrected chi connectivity index (χ0v) is 35.9. The Labute approximate surface area is 347 Å². The Morgan fingerprint density at radius 3 is 1.03 bits per heavy atom. The number of aryl methyl sites for hydroxylation is 2. The molecule has 0 spiro atoms. The largest absolute Gasteiger partial charge is 0.744 e. The van der Waals surface area contributed by atoms with Gasteiger partial charge in [-0.05, 0) is 96.1 Å². The maximum absolute atomic E-state index is 10.3. The van der Waals surface area contributed by atoms with Crippen LogP contribution < -0.4 is 18.9 Å². The highest BCUT2D eigenvalue weighted by Gasteiger charge is 2.02. The fourth-order valence-corrected chi connectivity index (χ4v) is 6.78. The molecular weight excluding hydrogens is 825 g/mol. The summed E-state index contributed by atoms with van der Waals surface area (Å²) in [6, 6.07) is 25.8. The van der Waals surface area contributed by atoms with Gasteiger partial charge >= 0.3 is 0 Å². The lowest BCUT2D eigenvalue weighted by molar-refractivity contribution is -0.671. The first-order chi connectivity index (χ1) is 26.3. The number of benzene rings is 2. The minimum atomic E-state index is -4.38. The van der Waals surface area contributed by atoms with Crippen molar-refractivity contribution in [2.75, 3.05) is 38.0 Å². The number of aromatic nitrogens is 2. The van der Waals surface area contributed by atoms with Crippen LogP contribution >= 0.6 is 22.7 Å². The lowest BCUT2D eigenvalue weighted by atomic mass is 10.2. The number of phenols is 2. The van der Waals surface area contributed by atoms with Crippen LogP contribution in [0.15, 0.2) is 132 Å².